The third-order valence-corrected chi connectivity index (χ3v) is 8.41. The molecule has 2 aliphatic heterocycles. The van der Waals surface area contributed by atoms with Gasteiger partial charge in [-0.15, -0.1) is 0 Å². The fraction of sp³-hybridized carbons (Fsp3) is 0.500. The topological polar surface area (TPSA) is 247 Å². The van der Waals surface area contributed by atoms with Crippen molar-refractivity contribution in [2.45, 2.75) is 79.8 Å². The monoisotopic (exact) mass is 622 g/mol. The minimum atomic E-state index is -2.96. The summed E-state index contributed by atoms with van der Waals surface area (Å²) in [6.45, 7) is 0.0979. The Labute approximate surface area is 252 Å². The number of rotatable bonds is 9. The Balaban J connectivity index is 1.74. The van der Waals surface area contributed by atoms with E-state index in [1.54, 1.807) is 0 Å². The minimum absolute atomic E-state index is 0.0320. The van der Waals surface area contributed by atoms with Crippen LogP contribution in [0.3, 0.4) is 0 Å². The van der Waals surface area contributed by atoms with Crippen molar-refractivity contribution < 1.29 is 70.1 Å². The van der Waals surface area contributed by atoms with E-state index in [0.29, 0.717) is 11.1 Å². The smallest absolute Gasteiger partial charge is 0.192 e. The van der Waals surface area contributed by atoms with Gasteiger partial charge in [0.2, 0.25) is 0 Å². The van der Waals surface area contributed by atoms with Gasteiger partial charge < -0.3 is 65.3 Å². The highest BCUT2D eigenvalue weighted by Crippen LogP contribution is 2.44. The Morgan fingerprint density at radius 1 is 0.955 bits per heavy atom. The molecular formula is C30H38O14. The molecule has 14 nitrogen and oxygen atoms in total. The van der Waals surface area contributed by atoms with Crippen molar-refractivity contribution in [1.29, 1.82) is 0 Å². The Hall–Kier alpha value is -3.31. The Bertz CT molecular complexity index is 1370. The average Bonchev–Trinajstić information content (AvgIpc) is 3.01. The van der Waals surface area contributed by atoms with Crippen molar-refractivity contribution in [3.8, 4) is 23.0 Å². The second-order valence-electron chi connectivity index (χ2n) is 11.2. The molecule has 0 saturated carbocycles. The lowest BCUT2D eigenvalue weighted by Crippen LogP contribution is -2.81. The number of phenolic OH excluding ortho intramolecular Hbond substituents is 3. The molecule has 2 aromatic rings. The molecule has 14 heteroatoms. The van der Waals surface area contributed by atoms with Crippen LogP contribution < -0.4 is 4.74 Å². The average molecular weight is 623 g/mol. The fourth-order valence-electron chi connectivity index (χ4n) is 5.76. The van der Waals surface area contributed by atoms with E-state index in [-0.39, 0.29) is 30.1 Å². The lowest BCUT2D eigenvalue weighted by molar-refractivity contribution is -0.355. The molecule has 0 aromatic heterocycles. The van der Waals surface area contributed by atoms with Crippen LogP contribution in [0.4, 0.5) is 0 Å². The number of aryl methyl sites for hydroxylation is 1. The van der Waals surface area contributed by atoms with E-state index in [4.69, 9.17) is 14.2 Å². The predicted molar refractivity (Wildman–Crippen MR) is 151 cm³/mol. The molecule has 2 aromatic carbocycles. The van der Waals surface area contributed by atoms with Crippen LogP contribution in [-0.4, -0.2) is 131 Å². The van der Waals surface area contributed by atoms with E-state index in [9.17, 15) is 55.9 Å². The minimum Gasteiger partial charge on any atom is -0.504 e. The predicted octanol–water partition coefficient (Wildman–Crippen LogP) is -1.52. The number of carbonyl (C=O) groups excluding carboxylic acids is 1. The zero-order valence-electron chi connectivity index (χ0n) is 24.0. The van der Waals surface area contributed by atoms with Gasteiger partial charge in [-0.3, -0.25) is 4.79 Å². The molecule has 0 bridgehead atoms. The maximum atomic E-state index is 13.7. The first-order valence-corrected chi connectivity index (χ1v) is 13.9. The summed E-state index contributed by atoms with van der Waals surface area (Å²) >= 11 is 0. The standard InChI is InChI=1S/C30H38O14/c1-14-23(36)24(37)25(38)27(43-14)30(41)26(39)21(9-5-15-3-7-17(32)18(33)11-15)44-29(13-31,28(30)40)22(35)10-6-16-4-8-20(42-2)19(34)12-16/h3-4,6-8,10-12,14,21,23-28,31-34,36-41H,5,9,13H2,1-2H3/t14-,21?,23-,24+,25+,26-,27?,28+,29-,30-/m0/s1. The summed E-state index contributed by atoms with van der Waals surface area (Å²) in [4.78, 5) is 13.7. The molecule has 2 heterocycles. The third-order valence-electron chi connectivity index (χ3n) is 8.41. The normalized spacial score (nSPS) is 35.9. The van der Waals surface area contributed by atoms with Crippen LogP contribution in [0.1, 0.15) is 24.5 Å². The maximum absolute atomic E-state index is 13.7. The number of aliphatic hydroxyl groups excluding tert-OH is 6. The van der Waals surface area contributed by atoms with Crippen LogP contribution >= 0.6 is 0 Å². The van der Waals surface area contributed by atoms with Crippen molar-refractivity contribution in [1.82, 2.24) is 0 Å². The third kappa shape index (κ3) is 5.88. The van der Waals surface area contributed by atoms with Gasteiger partial charge in [-0.2, -0.15) is 0 Å². The first-order valence-electron chi connectivity index (χ1n) is 13.9. The first-order chi connectivity index (χ1) is 20.7. The molecule has 4 rings (SSSR count). The van der Waals surface area contributed by atoms with Gasteiger partial charge in [-0.25, -0.2) is 0 Å². The van der Waals surface area contributed by atoms with E-state index in [1.165, 1.54) is 56.5 Å². The molecule has 2 unspecified atom stereocenters. The zero-order chi connectivity index (χ0) is 32.6. The number of phenols is 3. The van der Waals surface area contributed by atoms with E-state index < -0.39 is 78.2 Å². The Kier molecular flexibility index (Phi) is 9.90. The first kappa shape index (κ1) is 33.6. The molecule has 0 spiro atoms. The summed E-state index contributed by atoms with van der Waals surface area (Å²) in [6.07, 6.45) is -12.8. The summed E-state index contributed by atoms with van der Waals surface area (Å²) in [5, 5.41) is 107. The second kappa shape index (κ2) is 13.0. The van der Waals surface area contributed by atoms with Gasteiger partial charge in [0.05, 0.1) is 25.9 Å². The fourth-order valence-corrected chi connectivity index (χ4v) is 5.76. The van der Waals surface area contributed by atoms with Crippen LogP contribution in [-0.2, 0) is 20.7 Å². The van der Waals surface area contributed by atoms with Crippen LogP contribution in [0.5, 0.6) is 23.0 Å². The number of carbonyl (C=O) groups is 1. The molecule has 242 valence electrons. The molecule has 0 aliphatic carbocycles. The van der Waals surface area contributed by atoms with Gasteiger partial charge in [0.15, 0.2) is 40.0 Å². The van der Waals surface area contributed by atoms with Crippen LogP contribution in [0.2, 0.25) is 0 Å². The largest absolute Gasteiger partial charge is 0.504 e. The number of ether oxygens (including phenoxy) is 3. The molecule has 44 heavy (non-hydrogen) atoms. The van der Waals surface area contributed by atoms with E-state index in [0.717, 1.165) is 6.08 Å². The number of hydrogen-bond donors (Lipinski definition) is 10. The van der Waals surface area contributed by atoms with Crippen LogP contribution in [0.25, 0.3) is 6.08 Å². The molecule has 10 N–H and O–H groups in total. The summed E-state index contributed by atoms with van der Waals surface area (Å²) < 4.78 is 16.5. The van der Waals surface area contributed by atoms with Crippen molar-refractivity contribution in [2.75, 3.05) is 13.7 Å². The molecule has 0 radical (unpaired) electrons. The Morgan fingerprint density at radius 3 is 2.27 bits per heavy atom. The van der Waals surface area contributed by atoms with E-state index in [1.807, 2.05) is 0 Å². The molecule has 10 atom stereocenters. The molecular weight excluding hydrogens is 584 g/mol. The summed E-state index contributed by atoms with van der Waals surface area (Å²) in [6, 6.07) is 8.16. The van der Waals surface area contributed by atoms with Gasteiger partial charge >= 0.3 is 0 Å². The van der Waals surface area contributed by atoms with Crippen molar-refractivity contribution in [3.05, 3.63) is 53.6 Å². The van der Waals surface area contributed by atoms with Gasteiger partial charge in [-0.1, -0.05) is 18.2 Å². The van der Waals surface area contributed by atoms with Gasteiger partial charge in [-0.05, 0) is 61.2 Å². The van der Waals surface area contributed by atoms with Gasteiger partial charge in [0.25, 0.3) is 0 Å². The van der Waals surface area contributed by atoms with Crippen LogP contribution in [0, 0.1) is 0 Å². The lowest BCUT2D eigenvalue weighted by atomic mass is 9.67. The number of ketones is 1. The lowest BCUT2D eigenvalue weighted by Gasteiger charge is -2.57. The number of benzene rings is 2. The maximum Gasteiger partial charge on any atom is 0.192 e. The molecule has 2 saturated heterocycles. The number of methoxy groups -OCH3 is 1. The number of hydrogen-bond acceptors (Lipinski definition) is 14. The summed E-state index contributed by atoms with van der Waals surface area (Å²) in [5.74, 6) is -1.93. The quantitative estimate of drug-likeness (QED) is 0.113. The highest BCUT2D eigenvalue weighted by molar-refractivity contribution is 6.01. The van der Waals surface area contributed by atoms with E-state index >= 15 is 0 Å². The second-order valence-corrected chi connectivity index (χ2v) is 11.2. The molecule has 2 fully saturated rings. The molecule has 0 amide bonds. The highest BCUT2D eigenvalue weighted by Gasteiger charge is 2.69. The SMILES string of the molecule is COc1ccc(C=CC(=O)[C@]2(CO)OC(CCc3ccc(O)c(O)c3)[C@H](O)[C@](O)(C3O[C@@H](C)[C@H](O)[C@@H](O)[C@H]3O)[C@@H]2O)cc1O. The van der Waals surface area contributed by atoms with Crippen molar-refractivity contribution in [2.24, 2.45) is 0 Å². The van der Waals surface area contributed by atoms with E-state index in [2.05, 4.69) is 0 Å². The van der Waals surface area contributed by atoms with Gasteiger partial charge in [0, 0.05) is 0 Å². The Morgan fingerprint density at radius 2 is 1.66 bits per heavy atom. The number of aromatic hydroxyl groups is 3. The number of aliphatic hydroxyl groups is 7. The molecule has 2 aliphatic rings. The van der Waals surface area contributed by atoms with Gasteiger partial charge in [0.1, 0.15) is 36.6 Å². The van der Waals surface area contributed by atoms with Crippen molar-refractivity contribution >= 4 is 11.9 Å². The van der Waals surface area contributed by atoms with Crippen LogP contribution in [0.15, 0.2) is 42.5 Å². The summed E-state index contributed by atoms with van der Waals surface area (Å²) in [7, 11) is 1.35. The zero-order valence-corrected chi connectivity index (χ0v) is 24.0. The van der Waals surface area contributed by atoms with Crippen molar-refractivity contribution in [3.63, 3.8) is 0 Å². The summed E-state index contributed by atoms with van der Waals surface area (Å²) in [5.41, 5.74) is -4.84. The highest BCUT2D eigenvalue weighted by atomic mass is 16.6.